The van der Waals surface area contributed by atoms with Gasteiger partial charge in [-0.25, -0.2) is 4.99 Å². The molecule has 4 unspecified atom stereocenters. The van der Waals surface area contributed by atoms with Crippen molar-refractivity contribution in [1.29, 1.82) is 0 Å². The average molecular weight is 851 g/mol. The Morgan fingerprint density at radius 2 is 1.35 bits per heavy atom. The Hall–Kier alpha value is -7.03. The van der Waals surface area contributed by atoms with Gasteiger partial charge in [0, 0.05) is 33.5 Å². The molecule has 2 heteroatoms. The van der Waals surface area contributed by atoms with E-state index in [2.05, 4.69) is 214 Å². The number of aryl methyl sites for hydroxylation is 1. The van der Waals surface area contributed by atoms with Crippen LogP contribution in [-0.2, 0) is 18.3 Å². The van der Waals surface area contributed by atoms with Gasteiger partial charge in [0.25, 0.3) is 0 Å². The maximum atomic E-state index is 5.86. The summed E-state index contributed by atoms with van der Waals surface area (Å²) in [7, 11) is 0. The predicted molar refractivity (Wildman–Crippen MR) is 279 cm³/mol. The molecule has 9 aromatic rings. The van der Waals surface area contributed by atoms with Crippen molar-refractivity contribution in [1.82, 2.24) is 4.57 Å². The Morgan fingerprint density at radius 1 is 0.667 bits per heavy atom. The standard InChI is InChI=1S/C64H54N2/c1-39(55-37-45-19-7-9-21-47(45)53-33-28-41-16-5-10-22-48(41)60(53)55)36-44-29-34-54-61-49-23-11-6-17-42(49)31-35-59(61)66(62(54)40(44)2)63-50(25-15-20-43-18-8-14-27-58(43)65-63)46-30-32-52-51-24-12-13-26-56(51)64(3,4)57(52)38-46/h5-14,16-19,21-35,38-40,44,55H,15,20,36-37H2,1-4H3. The molecule has 0 fully saturated rings. The van der Waals surface area contributed by atoms with Crippen molar-refractivity contribution >= 4 is 55.6 Å². The van der Waals surface area contributed by atoms with E-state index in [1.807, 2.05) is 0 Å². The molecule has 0 radical (unpaired) electrons. The molecule has 8 aromatic carbocycles. The molecule has 0 saturated carbocycles. The highest BCUT2D eigenvalue weighted by molar-refractivity contribution is 6.28. The Bertz CT molecular complexity index is 3570. The third kappa shape index (κ3) is 5.90. The lowest BCUT2D eigenvalue weighted by Gasteiger charge is -2.36. The molecule has 13 rings (SSSR count). The first-order chi connectivity index (χ1) is 32.3. The first kappa shape index (κ1) is 39.3. The second-order valence-corrected chi connectivity index (χ2v) is 20.2. The molecule has 0 spiro atoms. The largest absolute Gasteiger partial charge is 0.297 e. The van der Waals surface area contributed by atoms with Crippen LogP contribution in [0.5, 0.6) is 0 Å². The number of nitrogens with zero attached hydrogens (tertiary/aromatic N) is 2. The molecule has 66 heavy (non-hydrogen) atoms. The first-order valence-electron chi connectivity index (χ1n) is 24.3. The highest BCUT2D eigenvalue weighted by Crippen LogP contribution is 2.52. The highest BCUT2D eigenvalue weighted by Gasteiger charge is 2.38. The van der Waals surface area contributed by atoms with Gasteiger partial charge in [-0.2, -0.15) is 0 Å². The lowest BCUT2D eigenvalue weighted by molar-refractivity contribution is 0.347. The maximum Gasteiger partial charge on any atom is 0.145 e. The van der Waals surface area contributed by atoms with Crippen molar-refractivity contribution in [3.05, 3.63) is 221 Å². The number of aliphatic imine (C=N–C) groups is 1. The summed E-state index contributed by atoms with van der Waals surface area (Å²) in [5.74, 6) is 2.45. The van der Waals surface area contributed by atoms with Crippen LogP contribution in [0.15, 0.2) is 181 Å². The molecule has 0 amide bonds. The van der Waals surface area contributed by atoms with Gasteiger partial charge in [0.15, 0.2) is 0 Å². The number of para-hydroxylation sites is 1. The second kappa shape index (κ2) is 15.0. The Balaban J connectivity index is 0.981. The van der Waals surface area contributed by atoms with E-state index >= 15 is 0 Å². The molecule has 0 N–H and O–H groups in total. The molecular formula is C64H54N2. The van der Waals surface area contributed by atoms with E-state index in [1.54, 1.807) is 0 Å². The molecule has 4 aliphatic rings. The minimum atomic E-state index is -0.108. The van der Waals surface area contributed by atoms with Gasteiger partial charge in [-0.15, -0.1) is 0 Å². The predicted octanol–water partition coefficient (Wildman–Crippen LogP) is 16.6. The van der Waals surface area contributed by atoms with Crippen LogP contribution in [-0.4, -0.2) is 10.4 Å². The Labute approximate surface area is 388 Å². The molecule has 1 aromatic heterocycles. The number of aromatic nitrogens is 1. The summed E-state index contributed by atoms with van der Waals surface area (Å²) in [6.07, 6.45) is 11.6. The zero-order chi connectivity index (χ0) is 44.3. The summed E-state index contributed by atoms with van der Waals surface area (Å²) >= 11 is 0. The quantitative estimate of drug-likeness (QED) is 0.168. The van der Waals surface area contributed by atoms with Gasteiger partial charge >= 0.3 is 0 Å². The van der Waals surface area contributed by atoms with Crippen molar-refractivity contribution < 1.29 is 0 Å². The van der Waals surface area contributed by atoms with Crippen molar-refractivity contribution in [2.24, 2.45) is 16.8 Å². The molecule has 2 nitrogen and oxygen atoms in total. The van der Waals surface area contributed by atoms with Crippen LogP contribution in [0.4, 0.5) is 5.69 Å². The number of rotatable bonds is 4. The fourth-order valence-electron chi connectivity index (χ4n) is 12.9. The van der Waals surface area contributed by atoms with Crippen LogP contribution in [0.3, 0.4) is 0 Å². The zero-order valence-electron chi connectivity index (χ0n) is 38.4. The summed E-state index contributed by atoms with van der Waals surface area (Å²) in [6.45, 7) is 9.82. The normalized spacial score (nSPS) is 19.4. The average Bonchev–Trinajstić information content (AvgIpc) is 3.80. The van der Waals surface area contributed by atoms with Gasteiger partial charge < -0.3 is 0 Å². The van der Waals surface area contributed by atoms with E-state index in [9.17, 15) is 0 Å². The van der Waals surface area contributed by atoms with Crippen molar-refractivity contribution in [3.8, 4) is 22.3 Å². The van der Waals surface area contributed by atoms with Crippen molar-refractivity contribution in [2.75, 3.05) is 0 Å². The monoisotopic (exact) mass is 850 g/mol. The van der Waals surface area contributed by atoms with E-state index < -0.39 is 0 Å². The Kier molecular flexibility index (Phi) is 8.95. The molecular weight excluding hydrogens is 797 g/mol. The number of fused-ring (bicyclic) bond motifs is 14. The molecule has 0 bridgehead atoms. The SMILES string of the molecule is CC(CC1C=Cc2c(n(C3=Nc4ccccc4CCC=C3c3ccc4c(c3)C(C)(C)c3ccccc3-4)c3ccc4ccccc4c23)C1C)C1Cc2ccccc2-c2ccc3ccccc3c21. The van der Waals surface area contributed by atoms with Gasteiger partial charge in [0.2, 0.25) is 0 Å². The van der Waals surface area contributed by atoms with E-state index in [-0.39, 0.29) is 11.3 Å². The summed E-state index contributed by atoms with van der Waals surface area (Å²) in [6, 6.07) is 61.6. The minimum absolute atomic E-state index is 0.108. The van der Waals surface area contributed by atoms with E-state index in [0.29, 0.717) is 17.8 Å². The fourth-order valence-corrected chi connectivity index (χ4v) is 12.9. The summed E-state index contributed by atoms with van der Waals surface area (Å²) in [5, 5.41) is 6.63. The van der Waals surface area contributed by atoms with Crippen molar-refractivity contribution in [3.63, 3.8) is 0 Å². The molecule has 320 valence electrons. The smallest absolute Gasteiger partial charge is 0.145 e. The van der Waals surface area contributed by atoms with Crippen LogP contribution in [0, 0.1) is 11.8 Å². The lowest BCUT2D eigenvalue weighted by atomic mass is 9.68. The zero-order valence-corrected chi connectivity index (χ0v) is 38.4. The molecule has 1 aliphatic heterocycles. The minimum Gasteiger partial charge on any atom is -0.297 e. The van der Waals surface area contributed by atoms with Gasteiger partial charge in [0.05, 0.1) is 11.2 Å². The molecule has 2 heterocycles. The highest BCUT2D eigenvalue weighted by atomic mass is 15.1. The third-order valence-electron chi connectivity index (χ3n) is 16.3. The molecule has 0 saturated heterocycles. The first-order valence-corrected chi connectivity index (χ1v) is 24.3. The van der Waals surface area contributed by atoms with Gasteiger partial charge in [-0.3, -0.25) is 4.57 Å². The van der Waals surface area contributed by atoms with E-state index in [1.165, 1.54) is 105 Å². The van der Waals surface area contributed by atoms with E-state index in [4.69, 9.17) is 4.99 Å². The number of allylic oxidation sites excluding steroid dienone is 3. The summed E-state index contributed by atoms with van der Waals surface area (Å²) in [4.78, 5) is 5.86. The van der Waals surface area contributed by atoms with Crippen LogP contribution in [0.2, 0.25) is 0 Å². The van der Waals surface area contributed by atoms with Crippen LogP contribution in [0.1, 0.15) is 97.0 Å². The van der Waals surface area contributed by atoms with Crippen LogP contribution in [0.25, 0.3) is 66.4 Å². The summed E-state index contributed by atoms with van der Waals surface area (Å²) < 4.78 is 2.61. The molecule has 4 atom stereocenters. The summed E-state index contributed by atoms with van der Waals surface area (Å²) in [5.41, 5.74) is 19.9. The van der Waals surface area contributed by atoms with Crippen LogP contribution < -0.4 is 0 Å². The van der Waals surface area contributed by atoms with Crippen molar-refractivity contribution in [2.45, 2.75) is 70.6 Å². The van der Waals surface area contributed by atoms with Gasteiger partial charge in [-0.05, 0) is 139 Å². The Morgan fingerprint density at radius 3 is 2.21 bits per heavy atom. The van der Waals surface area contributed by atoms with Crippen LogP contribution >= 0.6 is 0 Å². The second-order valence-electron chi connectivity index (χ2n) is 20.2. The topological polar surface area (TPSA) is 17.3 Å². The van der Waals surface area contributed by atoms with E-state index in [0.717, 1.165) is 37.2 Å². The lowest BCUT2D eigenvalue weighted by Crippen LogP contribution is -2.26. The number of benzene rings is 8. The molecule has 3 aliphatic carbocycles. The van der Waals surface area contributed by atoms with Gasteiger partial charge in [-0.1, -0.05) is 192 Å². The maximum absolute atomic E-state index is 5.86. The third-order valence-corrected chi connectivity index (χ3v) is 16.3. The fraction of sp³-hybridized carbons (Fsp3) is 0.203. The number of hydrogen-bond donors (Lipinski definition) is 0. The number of hydrogen-bond acceptors (Lipinski definition) is 1. The van der Waals surface area contributed by atoms with Gasteiger partial charge in [0.1, 0.15) is 5.84 Å².